The first kappa shape index (κ1) is 13.3. The Labute approximate surface area is 120 Å². The summed E-state index contributed by atoms with van der Waals surface area (Å²) in [6, 6.07) is 4.74. The lowest BCUT2D eigenvalue weighted by Crippen LogP contribution is -2.31. The summed E-state index contributed by atoms with van der Waals surface area (Å²) in [4.78, 5) is 18.1. The number of esters is 1. The minimum Gasteiger partial charge on any atom is -0.469 e. The summed E-state index contributed by atoms with van der Waals surface area (Å²) >= 11 is 1.47. The number of carbonyl (C=O) groups is 1. The third-order valence-electron chi connectivity index (χ3n) is 3.59. The second-order valence-electron chi connectivity index (χ2n) is 4.88. The first-order chi connectivity index (χ1) is 9.67. The average molecular weight is 294 g/mol. The molecular formula is C14H15FN2O2S. The zero-order valence-electron chi connectivity index (χ0n) is 11.1. The van der Waals surface area contributed by atoms with Crippen LogP contribution >= 0.6 is 11.3 Å². The van der Waals surface area contributed by atoms with Crippen molar-refractivity contribution in [3.63, 3.8) is 0 Å². The number of anilines is 1. The van der Waals surface area contributed by atoms with Crippen LogP contribution in [0.3, 0.4) is 0 Å². The zero-order chi connectivity index (χ0) is 14.1. The summed E-state index contributed by atoms with van der Waals surface area (Å²) in [6.45, 7) is 0.879. The molecule has 1 fully saturated rings. The van der Waals surface area contributed by atoms with Gasteiger partial charge in [0.25, 0.3) is 0 Å². The number of fused-ring (bicyclic) bond motifs is 1. The standard InChI is InChI=1S/C14H15FN2O2S/c1-19-13(18)8-10-3-2-6-17(10)14-16-11-5-4-9(15)7-12(11)20-14/h4-5,7,10H,2-3,6,8H2,1H3. The van der Waals surface area contributed by atoms with Gasteiger partial charge in [0, 0.05) is 12.6 Å². The van der Waals surface area contributed by atoms with Crippen LogP contribution in [0, 0.1) is 5.82 Å². The van der Waals surface area contributed by atoms with Crippen LogP contribution in [-0.2, 0) is 9.53 Å². The van der Waals surface area contributed by atoms with Crippen molar-refractivity contribution in [2.75, 3.05) is 18.6 Å². The molecule has 0 saturated carbocycles. The summed E-state index contributed by atoms with van der Waals surface area (Å²) in [6.07, 6.45) is 2.37. The van der Waals surface area contributed by atoms with Gasteiger partial charge < -0.3 is 9.64 Å². The van der Waals surface area contributed by atoms with Gasteiger partial charge >= 0.3 is 5.97 Å². The Morgan fingerprint density at radius 3 is 3.25 bits per heavy atom. The van der Waals surface area contributed by atoms with E-state index in [2.05, 4.69) is 9.88 Å². The Balaban J connectivity index is 1.87. The average Bonchev–Trinajstić information content (AvgIpc) is 3.03. The number of ether oxygens (including phenoxy) is 1. The minimum atomic E-state index is -0.250. The topological polar surface area (TPSA) is 42.4 Å². The van der Waals surface area contributed by atoms with Crippen molar-refractivity contribution in [2.45, 2.75) is 25.3 Å². The van der Waals surface area contributed by atoms with Crippen LogP contribution in [0.15, 0.2) is 18.2 Å². The number of rotatable bonds is 3. The predicted molar refractivity (Wildman–Crippen MR) is 76.6 cm³/mol. The highest BCUT2D eigenvalue weighted by molar-refractivity contribution is 7.22. The van der Waals surface area contributed by atoms with Crippen molar-refractivity contribution in [3.8, 4) is 0 Å². The minimum absolute atomic E-state index is 0.132. The van der Waals surface area contributed by atoms with Gasteiger partial charge in [-0.25, -0.2) is 9.37 Å². The van der Waals surface area contributed by atoms with E-state index in [-0.39, 0.29) is 17.8 Å². The lowest BCUT2D eigenvalue weighted by atomic mass is 10.1. The molecule has 3 rings (SSSR count). The summed E-state index contributed by atoms with van der Waals surface area (Å²) in [5, 5.41) is 0.858. The number of thiazole rings is 1. The fourth-order valence-electron chi connectivity index (χ4n) is 2.58. The van der Waals surface area contributed by atoms with E-state index < -0.39 is 0 Å². The molecule has 20 heavy (non-hydrogen) atoms. The zero-order valence-corrected chi connectivity index (χ0v) is 12.0. The molecule has 0 radical (unpaired) electrons. The van der Waals surface area contributed by atoms with Crippen LogP contribution in [0.4, 0.5) is 9.52 Å². The van der Waals surface area contributed by atoms with Crippen LogP contribution < -0.4 is 4.90 Å². The summed E-state index contributed by atoms with van der Waals surface area (Å²) in [5.74, 6) is -0.450. The Morgan fingerprint density at radius 2 is 2.45 bits per heavy atom. The number of benzene rings is 1. The van der Waals surface area contributed by atoms with Gasteiger partial charge in [-0.1, -0.05) is 11.3 Å². The summed E-state index contributed by atoms with van der Waals surface area (Å²) in [7, 11) is 1.40. The molecule has 1 unspecified atom stereocenters. The maximum atomic E-state index is 13.2. The molecule has 1 aliphatic rings. The number of halogens is 1. The third kappa shape index (κ3) is 2.47. The van der Waals surface area contributed by atoms with Gasteiger partial charge in [-0.15, -0.1) is 0 Å². The van der Waals surface area contributed by atoms with E-state index in [0.29, 0.717) is 6.42 Å². The Morgan fingerprint density at radius 1 is 1.60 bits per heavy atom. The van der Waals surface area contributed by atoms with Crippen LogP contribution in [-0.4, -0.2) is 30.6 Å². The normalized spacial score (nSPS) is 18.7. The van der Waals surface area contributed by atoms with E-state index in [4.69, 9.17) is 4.74 Å². The number of nitrogens with zero attached hydrogens (tertiary/aromatic N) is 2. The molecule has 6 heteroatoms. The van der Waals surface area contributed by atoms with Gasteiger partial charge in [0.2, 0.25) is 0 Å². The SMILES string of the molecule is COC(=O)CC1CCCN1c1nc2ccc(F)cc2s1. The lowest BCUT2D eigenvalue weighted by molar-refractivity contribution is -0.140. The Bertz CT molecular complexity index is 643. The van der Waals surface area contributed by atoms with E-state index >= 15 is 0 Å². The van der Waals surface area contributed by atoms with Gasteiger partial charge in [-0.05, 0) is 31.0 Å². The van der Waals surface area contributed by atoms with Crippen LogP contribution in [0.5, 0.6) is 0 Å². The molecule has 1 aromatic heterocycles. The molecule has 1 saturated heterocycles. The number of hydrogen-bond donors (Lipinski definition) is 0. The summed E-state index contributed by atoms with van der Waals surface area (Å²) < 4.78 is 18.8. The molecular weight excluding hydrogens is 279 g/mol. The van der Waals surface area contributed by atoms with Crippen molar-refractivity contribution < 1.29 is 13.9 Å². The van der Waals surface area contributed by atoms with E-state index in [0.717, 1.165) is 34.7 Å². The first-order valence-corrected chi connectivity index (χ1v) is 7.38. The van der Waals surface area contributed by atoms with Crippen molar-refractivity contribution in [3.05, 3.63) is 24.0 Å². The Kier molecular flexibility index (Phi) is 3.56. The Hall–Kier alpha value is -1.69. The number of hydrogen-bond acceptors (Lipinski definition) is 5. The quantitative estimate of drug-likeness (QED) is 0.816. The van der Waals surface area contributed by atoms with Crippen molar-refractivity contribution in [2.24, 2.45) is 0 Å². The molecule has 0 spiro atoms. The molecule has 4 nitrogen and oxygen atoms in total. The van der Waals surface area contributed by atoms with Crippen LogP contribution in [0.2, 0.25) is 0 Å². The highest BCUT2D eigenvalue weighted by Crippen LogP contribution is 2.34. The summed E-state index contributed by atoms with van der Waals surface area (Å²) in [5.41, 5.74) is 0.801. The maximum Gasteiger partial charge on any atom is 0.307 e. The predicted octanol–water partition coefficient (Wildman–Crippen LogP) is 2.97. The fourth-order valence-corrected chi connectivity index (χ4v) is 3.67. The highest BCUT2D eigenvalue weighted by Gasteiger charge is 2.29. The third-order valence-corrected chi connectivity index (χ3v) is 4.65. The molecule has 1 atom stereocenters. The number of carbonyl (C=O) groups excluding carboxylic acids is 1. The van der Waals surface area contributed by atoms with Gasteiger partial charge in [0.1, 0.15) is 5.82 Å². The van der Waals surface area contributed by atoms with Crippen molar-refractivity contribution in [1.29, 1.82) is 0 Å². The molecule has 0 bridgehead atoms. The largest absolute Gasteiger partial charge is 0.469 e. The van der Waals surface area contributed by atoms with Crippen LogP contribution in [0.1, 0.15) is 19.3 Å². The molecule has 1 aliphatic heterocycles. The van der Waals surface area contributed by atoms with E-state index in [1.165, 1.54) is 30.6 Å². The second kappa shape index (κ2) is 5.36. The molecule has 0 aliphatic carbocycles. The molecule has 2 aromatic rings. The van der Waals surface area contributed by atoms with Crippen molar-refractivity contribution in [1.82, 2.24) is 4.98 Å². The lowest BCUT2D eigenvalue weighted by Gasteiger charge is -2.22. The van der Waals surface area contributed by atoms with E-state index in [9.17, 15) is 9.18 Å². The number of methoxy groups -OCH3 is 1. The van der Waals surface area contributed by atoms with Crippen LogP contribution in [0.25, 0.3) is 10.2 Å². The monoisotopic (exact) mass is 294 g/mol. The van der Waals surface area contributed by atoms with E-state index in [1.54, 1.807) is 6.07 Å². The molecule has 0 amide bonds. The molecule has 0 N–H and O–H groups in total. The maximum absolute atomic E-state index is 13.2. The highest BCUT2D eigenvalue weighted by atomic mass is 32.1. The molecule has 106 valence electrons. The van der Waals surface area contributed by atoms with Gasteiger partial charge in [-0.2, -0.15) is 0 Å². The smallest absolute Gasteiger partial charge is 0.307 e. The molecule has 1 aromatic carbocycles. The molecule has 2 heterocycles. The first-order valence-electron chi connectivity index (χ1n) is 6.57. The second-order valence-corrected chi connectivity index (χ2v) is 5.89. The number of aromatic nitrogens is 1. The fraction of sp³-hybridized carbons (Fsp3) is 0.429. The van der Waals surface area contributed by atoms with E-state index in [1.807, 2.05) is 0 Å². The van der Waals surface area contributed by atoms with Crippen molar-refractivity contribution >= 4 is 32.7 Å². The van der Waals surface area contributed by atoms with Gasteiger partial charge in [0.15, 0.2) is 5.13 Å². The van der Waals surface area contributed by atoms with Gasteiger partial charge in [-0.3, -0.25) is 4.79 Å². The van der Waals surface area contributed by atoms with Gasteiger partial charge in [0.05, 0.1) is 23.7 Å².